The van der Waals surface area contributed by atoms with Crippen LogP contribution >= 0.6 is 23.1 Å². The van der Waals surface area contributed by atoms with Gasteiger partial charge in [0.15, 0.2) is 5.13 Å². The highest BCUT2D eigenvalue weighted by atomic mass is 32.2. The fraction of sp³-hybridized carbons (Fsp3) is 0.115. The van der Waals surface area contributed by atoms with Crippen LogP contribution in [-0.4, -0.2) is 22.6 Å². The third-order valence-electron chi connectivity index (χ3n) is 4.97. The Kier molecular flexibility index (Phi) is 7.22. The summed E-state index contributed by atoms with van der Waals surface area (Å²) < 4.78 is 0. The summed E-state index contributed by atoms with van der Waals surface area (Å²) >= 11 is 2.84. The second kappa shape index (κ2) is 10.5. The number of nitrogens with one attached hydrogen (secondary N) is 2. The van der Waals surface area contributed by atoms with E-state index in [2.05, 4.69) is 15.6 Å². The molecule has 0 fully saturated rings. The minimum atomic E-state index is -0.138. The van der Waals surface area contributed by atoms with Crippen LogP contribution < -0.4 is 10.6 Å². The summed E-state index contributed by atoms with van der Waals surface area (Å²) in [6, 6.07) is 23.1. The number of aryl methyl sites for hydroxylation is 2. The van der Waals surface area contributed by atoms with E-state index in [9.17, 15) is 9.59 Å². The Labute approximate surface area is 201 Å². The van der Waals surface area contributed by atoms with Gasteiger partial charge in [-0.1, -0.05) is 48.0 Å². The van der Waals surface area contributed by atoms with Crippen LogP contribution in [0.5, 0.6) is 0 Å². The number of thioether (sulfide) groups is 1. The average Bonchev–Trinajstić information content (AvgIpc) is 3.27. The smallest absolute Gasteiger partial charge is 0.255 e. The van der Waals surface area contributed by atoms with E-state index < -0.39 is 0 Å². The third-order valence-corrected chi connectivity index (χ3v) is 6.74. The summed E-state index contributed by atoms with van der Waals surface area (Å²) in [4.78, 5) is 30.3. The predicted octanol–water partition coefficient (Wildman–Crippen LogP) is 6.41. The van der Waals surface area contributed by atoms with Crippen LogP contribution in [0.15, 0.2) is 83.1 Å². The molecule has 0 aliphatic carbocycles. The minimum absolute atomic E-state index is 0.110. The third kappa shape index (κ3) is 6.09. The predicted molar refractivity (Wildman–Crippen MR) is 137 cm³/mol. The van der Waals surface area contributed by atoms with E-state index in [4.69, 9.17) is 0 Å². The molecule has 0 atom stereocenters. The van der Waals surface area contributed by atoms with Gasteiger partial charge in [-0.25, -0.2) is 4.98 Å². The molecule has 3 aromatic carbocycles. The molecule has 5 nitrogen and oxygen atoms in total. The Morgan fingerprint density at radius 3 is 2.36 bits per heavy atom. The number of anilines is 2. The molecule has 4 rings (SSSR count). The number of rotatable bonds is 7. The zero-order valence-electron chi connectivity index (χ0n) is 18.3. The van der Waals surface area contributed by atoms with E-state index in [0.717, 1.165) is 21.7 Å². The van der Waals surface area contributed by atoms with Gasteiger partial charge in [0.2, 0.25) is 5.91 Å². The maximum atomic E-state index is 12.4. The largest absolute Gasteiger partial charge is 0.322 e. The Morgan fingerprint density at radius 1 is 0.909 bits per heavy atom. The van der Waals surface area contributed by atoms with Crippen molar-refractivity contribution in [3.63, 3.8) is 0 Å². The fourth-order valence-corrected chi connectivity index (χ4v) is 4.59. The fourth-order valence-electron chi connectivity index (χ4n) is 3.15. The molecular formula is C26H23N3O2S2. The molecule has 166 valence electrons. The highest BCUT2D eigenvalue weighted by Gasteiger charge is 2.10. The van der Waals surface area contributed by atoms with Gasteiger partial charge in [-0.15, -0.1) is 23.1 Å². The topological polar surface area (TPSA) is 71.1 Å². The monoisotopic (exact) mass is 473 g/mol. The lowest BCUT2D eigenvalue weighted by Crippen LogP contribution is -2.14. The van der Waals surface area contributed by atoms with Crippen molar-refractivity contribution in [2.45, 2.75) is 18.7 Å². The van der Waals surface area contributed by atoms with E-state index in [1.807, 2.05) is 86.0 Å². The van der Waals surface area contributed by atoms with Crippen molar-refractivity contribution in [1.29, 1.82) is 0 Å². The molecule has 0 spiro atoms. The molecule has 0 bridgehead atoms. The number of carbonyl (C=O) groups excluding carboxylic acids is 2. The van der Waals surface area contributed by atoms with Crippen molar-refractivity contribution in [2.75, 3.05) is 16.4 Å². The van der Waals surface area contributed by atoms with Gasteiger partial charge >= 0.3 is 0 Å². The van der Waals surface area contributed by atoms with Crippen molar-refractivity contribution in [1.82, 2.24) is 4.98 Å². The van der Waals surface area contributed by atoms with E-state index >= 15 is 0 Å². The molecule has 4 aromatic rings. The Bertz CT molecular complexity index is 1270. The lowest BCUT2D eigenvalue weighted by atomic mass is 10.1. The molecule has 1 aromatic heterocycles. The average molecular weight is 474 g/mol. The first kappa shape index (κ1) is 22.8. The van der Waals surface area contributed by atoms with E-state index in [1.54, 1.807) is 6.07 Å². The highest BCUT2D eigenvalue weighted by Crippen LogP contribution is 2.26. The number of aromatic nitrogens is 1. The number of benzene rings is 3. The Morgan fingerprint density at radius 2 is 1.64 bits per heavy atom. The number of amides is 2. The van der Waals surface area contributed by atoms with Crippen LogP contribution in [0.25, 0.3) is 11.3 Å². The molecule has 2 amide bonds. The van der Waals surface area contributed by atoms with Crippen molar-refractivity contribution in [3.8, 4) is 11.3 Å². The highest BCUT2D eigenvalue weighted by molar-refractivity contribution is 8.00. The van der Waals surface area contributed by atoms with Crippen LogP contribution in [0.4, 0.5) is 10.8 Å². The quantitative estimate of drug-likeness (QED) is 0.304. The van der Waals surface area contributed by atoms with Crippen LogP contribution in [0.1, 0.15) is 21.5 Å². The standard InChI is InChI=1S/C26H23N3O2S2/c1-17-7-9-19(10-8-17)23-15-33-26(28-23)29-24(30)16-32-21-13-11-20(12-14-21)27-25(31)22-6-4-3-5-18(22)2/h3-15H,16H2,1-2H3,(H,27,31)(H,28,29,30). The zero-order chi connectivity index (χ0) is 23.2. The Balaban J connectivity index is 1.28. The Hall–Kier alpha value is -3.42. The van der Waals surface area contributed by atoms with Gasteiger partial charge in [0.1, 0.15) is 0 Å². The maximum Gasteiger partial charge on any atom is 0.255 e. The molecule has 33 heavy (non-hydrogen) atoms. The van der Waals surface area contributed by atoms with E-state index in [1.165, 1.54) is 28.7 Å². The molecule has 0 unspecified atom stereocenters. The summed E-state index contributed by atoms with van der Waals surface area (Å²) in [7, 11) is 0. The number of carbonyl (C=O) groups is 2. The van der Waals surface area contributed by atoms with Gasteiger partial charge in [-0.2, -0.15) is 0 Å². The number of thiazole rings is 1. The van der Waals surface area contributed by atoms with E-state index in [0.29, 0.717) is 16.4 Å². The van der Waals surface area contributed by atoms with Gasteiger partial charge in [-0.3, -0.25) is 9.59 Å². The first-order valence-electron chi connectivity index (χ1n) is 10.4. The zero-order valence-corrected chi connectivity index (χ0v) is 19.9. The normalized spacial score (nSPS) is 10.6. The summed E-state index contributed by atoms with van der Waals surface area (Å²) in [5, 5.41) is 8.30. The van der Waals surface area contributed by atoms with E-state index in [-0.39, 0.29) is 17.6 Å². The maximum absolute atomic E-state index is 12.4. The molecule has 1 heterocycles. The van der Waals surface area contributed by atoms with Gasteiger partial charge in [-0.05, 0) is 49.7 Å². The summed E-state index contributed by atoms with van der Waals surface area (Å²) in [5.41, 5.74) is 5.37. The molecule has 2 N–H and O–H groups in total. The number of nitrogens with zero attached hydrogens (tertiary/aromatic N) is 1. The van der Waals surface area contributed by atoms with Crippen LogP contribution in [0, 0.1) is 13.8 Å². The molecule has 0 saturated heterocycles. The number of hydrogen-bond acceptors (Lipinski definition) is 5. The summed E-state index contributed by atoms with van der Waals surface area (Å²) in [6.07, 6.45) is 0. The van der Waals surface area contributed by atoms with Gasteiger partial charge < -0.3 is 10.6 Å². The van der Waals surface area contributed by atoms with Gasteiger partial charge in [0, 0.05) is 27.1 Å². The van der Waals surface area contributed by atoms with Crippen LogP contribution in [0.2, 0.25) is 0 Å². The van der Waals surface area contributed by atoms with Crippen molar-refractivity contribution < 1.29 is 9.59 Å². The van der Waals surface area contributed by atoms with Gasteiger partial charge in [0.05, 0.1) is 11.4 Å². The van der Waals surface area contributed by atoms with Crippen molar-refractivity contribution in [3.05, 3.63) is 94.9 Å². The molecule has 0 saturated carbocycles. The van der Waals surface area contributed by atoms with Gasteiger partial charge in [0.25, 0.3) is 5.91 Å². The number of hydrogen-bond donors (Lipinski definition) is 2. The lowest BCUT2D eigenvalue weighted by Gasteiger charge is -2.08. The molecule has 0 radical (unpaired) electrons. The SMILES string of the molecule is Cc1ccc(-c2csc(NC(=O)CSc3ccc(NC(=O)c4ccccc4C)cc3)n2)cc1. The lowest BCUT2D eigenvalue weighted by molar-refractivity contribution is -0.113. The first-order valence-corrected chi connectivity index (χ1v) is 12.3. The second-order valence-corrected chi connectivity index (χ2v) is 9.44. The van der Waals surface area contributed by atoms with Crippen LogP contribution in [0.3, 0.4) is 0 Å². The van der Waals surface area contributed by atoms with Crippen molar-refractivity contribution in [2.24, 2.45) is 0 Å². The van der Waals surface area contributed by atoms with Crippen LogP contribution in [-0.2, 0) is 4.79 Å². The second-order valence-electron chi connectivity index (χ2n) is 7.53. The molecule has 0 aliphatic heterocycles. The first-order chi connectivity index (χ1) is 16.0. The molecule has 0 aliphatic rings. The van der Waals surface area contributed by atoms with Crippen molar-refractivity contribution >= 4 is 45.7 Å². The summed E-state index contributed by atoms with van der Waals surface area (Å²) in [5.74, 6) is 0.0250. The summed E-state index contributed by atoms with van der Waals surface area (Å²) in [6.45, 7) is 3.96. The minimum Gasteiger partial charge on any atom is -0.322 e. The molecule has 7 heteroatoms. The molecular weight excluding hydrogens is 450 g/mol.